The summed E-state index contributed by atoms with van der Waals surface area (Å²) in [6.45, 7) is 1.53. The van der Waals surface area contributed by atoms with Crippen LogP contribution in [0.5, 0.6) is 5.75 Å². The van der Waals surface area contributed by atoms with E-state index in [0.29, 0.717) is 28.8 Å². The van der Waals surface area contributed by atoms with Gasteiger partial charge in [-0.3, -0.25) is 4.79 Å². The number of nitrogen functional groups attached to an aromatic ring is 1. The van der Waals surface area contributed by atoms with Gasteiger partial charge in [0.25, 0.3) is 5.91 Å². The molecule has 5 rings (SSSR count). The summed E-state index contributed by atoms with van der Waals surface area (Å²) in [7, 11) is 5.73. The number of aromatic nitrogens is 4. The number of nitrogens with two attached hydrogens (primary N) is 1. The van der Waals surface area contributed by atoms with E-state index in [2.05, 4.69) is 33.9 Å². The van der Waals surface area contributed by atoms with Gasteiger partial charge in [-0.25, -0.2) is 15.0 Å². The van der Waals surface area contributed by atoms with E-state index in [9.17, 15) is 4.79 Å². The maximum atomic E-state index is 12.9. The van der Waals surface area contributed by atoms with Gasteiger partial charge in [-0.1, -0.05) is 12.1 Å². The third-order valence-corrected chi connectivity index (χ3v) is 6.32. The number of likely N-dealkylation sites (tertiary alicyclic amines) is 1. The van der Waals surface area contributed by atoms with Crippen molar-refractivity contribution in [2.75, 3.05) is 40.0 Å². The lowest BCUT2D eigenvalue weighted by atomic mass is 10.1. The van der Waals surface area contributed by atoms with Crippen LogP contribution in [0.2, 0.25) is 0 Å². The fourth-order valence-electron chi connectivity index (χ4n) is 4.25. The van der Waals surface area contributed by atoms with Gasteiger partial charge in [0.1, 0.15) is 11.4 Å². The van der Waals surface area contributed by atoms with Crippen LogP contribution in [0.3, 0.4) is 0 Å². The number of aromatic amines is 1. The maximum Gasteiger partial charge on any atom is 0.253 e. The van der Waals surface area contributed by atoms with Gasteiger partial charge in [-0.15, -0.1) is 0 Å². The summed E-state index contributed by atoms with van der Waals surface area (Å²) < 4.78 is 5.28. The molecule has 1 fully saturated rings. The molecular formula is C25H27N7O2. The van der Waals surface area contributed by atoms with Crippen LogP contribution in [0.1, 0.15) is 16.8 Å². The van der Waals surface area contributed by atoms with Crippen molar-refractivity contribution < 1.29 is 9.53 Å². The molecule has 0 saturated carbocycles. The van der Waals surface area contributed by atoms with Crippen LogP contribution < -0.4 is 10.5 Å². The predicted octanol–water partition coefficient (Wildman–Crippen LogP) is 3.05. The zero-order valence-electron chi connectivity index (χ0n) is 19.4. The van der Waals surface area contributed by atoms with Crippen molar-refractivity contribution in [3.05, 3.63) is 54.2 Å². The number of likely N-dealkylation sites (N-methyl/N-ethyl adjacent to an activating group) is 1. The summed E-state index contributed by atoms with van der Waals surface area (Å²) in [5.41, 5.74) is 10.4. The number of nitrogens with zero attached hydrogens (tertiary/aromatic N) is 5. The molecule has 34 heavy (non-hydrogen) atoms. The fraction of sp³-hybridized carbons (Fsp3) is 0.280. The molecule has 9 heteroatoms. The number of carbonyl (C=O) groups is 1. The van der Waals surface area contributed by atoms with E-state index in [1.807, 2.05) is 47.4 Å². The lowest BCUT2D eigenvalue weighted by Gasteiger charge is -2.20. The monoisotopic (exact) mass is 457 g/mol. The zero-order chi connectivity index (χ0) is 23.8. The van der Waals surface area contributed by atoms with Gasteiger partial charge in [0.05, 0.1) is 30.0 Å². The number of hydrogen-bond donors (Lipinski definition) is 2. The third kappa shape index (κ3) is 4.06. The second kappa shape index (κ2) is 8.75. The van der Waals surface area contributed by atoms with Crippen LogP contribution in [-0.4, -0.2) is 76.0 Å². The number of hydrogen-bond acceptors (Lipinski definition) is 7. The highest BCUT2D eigenvalue weighted by molar-refractivity contribution is 5.95. The van der Waals surface area contributed by atoms with E-state index in [1.165, 1.54) is 0 Å². The van der Waals surface area contributed by atoms with Crippen molar-refractivity contribution in [2.45, 2.75) is 12.5 Å². The Morgan fingerprint density at radius 1 is 1.18 bits per heavy atom. The van der Waals surface area contributed by atoms with Gasteiger partial charge in [-0.2, -0.15) is 0 Å². The first-order valence-electron chi connectivity index (χ1n) is 11.2. The maximum absolute atomic E-state index is 12.9. The molecule has 3 heterocycles. The minimum Gasteiger partial charge on any atom is -0.497 e. The Labute approximate surface area is 197 Å². The number of anilines is 1. The molecule has 174 valence electrons. The topological polar surface area (TPSA) is 113 Å². The largest absolute Gasteiger partial charge is 0.497 e. The second-order valence-corrected chi connectivity index (χ2v) is 8.69. The number of nitrogens with one attached hydrogen (secondary N) is 1. The number of fused-ring (bicyclic) bond motifs is 1. The van der Waals surface area contributed by atoms with Crippen LogP contribution in [0.15, 0.2) is 48.7 Å². The molecule has 0 radical (unpaired) electrons. The smallest absolute Gasteiger partial charge is 0.253 e. The molecule has 1 atom stereocenters. The van der Waals surface area contributed by atoms with Crippen LogP contribution >= 0.6 is 0 Å². The number of rotatable bonds is 5. The number of H-pyrrole nitrogens is 1. The van der Waals surface area contributed by atoms with E-state index >= 15 is 0 Å². The van der Waals surface area contributed by atoms with Crippen LogP contribution in [0.25, 0.3) is 33.8 Å². The van der Waals surface area contributed by atoms with Crippen LogP contribution in [0.4, 0.5) is 5.82 Å². The van der Waals surface area contributed by atoms with E-state index in [0.717, 1.165) is 41.9 Å². The van der Waals surface area contributed by atoms with Crippen molar-refractivity contribution in [1.82, 2.24) is 29.7 Å². The molecular weight excluding hydrogens is 430 g/mol. The first-order valence-corrected chi connectivity index (χ1v) is 11.2. The second-order valence-electron chi connectivity index (χ2n) is 8.69. The summed E-state index contributed by atoms with van der Waals surface area (Å²) in [6, 6.07) is 13.5. The van der Waals surface area contributed by atoms with E-state index in [4.69, 9.17) is 15.5 Å². The Bertz CT molecular complexity index is 1350. The molecule has 1 aliphatic heterocycles. The predicted molar refractivity (Wildman–Crippen MR) is 132 cm³/mol. The quantitative estimate of drug-likeness (QED) is 0.473. The highest BCUT2D eigenvalue weighted by atomic mass is 16.5. The molecule has 0 spiro atoms. The Hall–Kier alpha value is -3.98. The molecule has 0 aliphatic carbocycles. The number of benzene rings is 2. The van der Waals surface area contributed by atoms with Gasteiger partial charge in [-0.05, 0) is 44.8 Å². The molecule has 0 bridgehead atoms. The summed E-state index contributed by atoms with van der Waals surface area (Å²) in [4.78, 5) is 33.9. The number of ether oxygens (including phenoxy) is 1. The average molecular weight is 458 g/mol. The number of methoxy groups -OCH3 is 1. The zero-order valence-corrected chi connectivity index (χ0v) is 19.4. The van der Waals surface area contributed by atoms with Crippen LogP contribution in [-0.2, 0) is 0 Å². The van der Waals surface area contributed by atoms with Gasteiger partial charge in [0.2, 0.25) is 0 Å². The van der Waals surface area contributed by atoms with Crippen LogP contribution in [0, 0.1) is 0 Å². The Morgan fingerprint density at radius 2 is 1.97 bits per heavy atom. The first-order chi connectivity index (χ1) is 16.4. The SMILES string of the molecule is COc1ccc2nc(-c3nc(-c4ccc(C(=O)N5CC[C@@H](N(C)C)C5)cc4)cnc3N)[nH]c2c1. The summed E-state index contributed by atoms with van der Waals surface area (Å²) in [5.74, 6) is 1.60. The number of amides is 1. The minimum absolute atomic E-state index is 0.0534. The Morgan fingerprint density at radius 3 is 2.68 bits per heavy atom. The summed E-state index contributed by atoms with van der Waals surface area (Å²) >= 11 is 0. The molecule has 1 amide bonds. The first kappa shape index (κ1) is 21.8. The van der Waals surface area contributed by atoms with Crippen molar-refractivity contribution in [1.29, 1.82) is 0 Å². The molecule has 1 saturated heterocycles. The average Bonchev–Trinajstić information content (AvgIpc) is 3.51. The van der Waals surface area contributed by atoms with Gasteiger partial charge >= 0.3 is 0 Å². The van der Waals surface area contributed by atoms with Gasteiger partial charge in [0, 0.05) is 36.3 Å². The number of carbonyl (C=O) groups excluding carboxylic acids is 1. The number of imidazole rings is 1. The molecule has 2 aromatic carbocycles. The Balaban J connectivity index is 1.40. The van der Waals surface area contributed by atoms with Crippen molar-refractivity contribution in [3.8, 4) is 28.5 Å². The summed E-state index contributed by atoms with van der Waals surface area (Å²) in [6.07, 6.45) is 2.62. The molecule has 0 unspecified atom stereocenters. The van der Waals surface area contributed by atoms with E-state index in [1.54, 1.807) is 13.3 Å². The minimum atomic E-state index is 0.0534. The fourth-order valence-corrected chi connectivity index (χ4v) is 4.25. The summed E-state index contributed by atoms with van der Waals surface area (Å²) in [5, 5.41) is 0. The lowest BCUT2D eigenvalue weighted by molar-refractivity contribution is 0.0783. The van der Waals surface area contributed by atoms with Crippen molar-refractivity contribution in [2.24, 2.45) is 0 Å². The van der Waals surface area contributed by atoms with E-state index in [-0.39, 0.29) is 11.7 Å². The molecule has 4 aromatic rings. The molecule has 9 nitrogen and oxygen atoms in total. The molecule has 2 aromatic heterocycles. The Kier molecular flexibility index (Phi) is 5.62. The van der Waals surface area contributed by atoms with E-state index < -0.39 is 0 Å². The van der Waals surface area contributed by atoms with Crippen molar-refractivity contribution in [3.63, 3.8) is 0 Å². The molecule has 1 aliphatic rings. The normalized spacial score (nSPS) is 15.9. The lowest BCUT2D eigenvalue weighted by Crippen LogP contribution is -2.34. The molecule has 3 N–H and O–H groups in total. The highest BCUT2D eigenvalue weighted by Gasteiger charge is 2.28. The van der Waals surface area contributed by atoms with Crippen molar-refractivity contribution >= 4 is 22.8 Å². The third-order valence-electron chi connectivity index (χ3n) is 6.32. The highest BCUT2D eigenvalue weighted by Crippen LogP contribution is 2.28. The van der Waals surface area contributed by atoms with Gasteiger partial charge in [0.15, 0.2) is 11.6 Å². The van der Waals surface area contributed by atoms with Gasteiger partial charge < -0.3 is 25.3 Å². The standard InChI is InChI=1S/C25H27N7O2/c1-31(2)17-10-11-32(14-17)25(33)16-6-4-15(5-7-16)21-13-27-23(26)22(28-21)24-29-19-9-8-18(34-3)12-20(19)30-24/h4-9,12-13,17H,10-11,14H2,1-3H3,(H2,26,27)(H,29,30)/t17-/m1/s1.